The number of likely N-dealkylation sites (tertiary alicyclic amines) is 1. The van der Waals surface area contributed by atoms with Crippen LogP contribution in [0.5, 0.6) is 0 Å². The van der Waals surface area contributed by atoms with Crippen molar-refractivity contribution in [3.63, 3.8) is 0 Å². The van der Waals surface area contributed by atoms with Crippen LogP contribution in [0.4, 0.5) is 5.82 Å². The summed E-state index contributed by atoms with van der Waals surface area (Å²) in [7, 11) is 1.87. The van der Waals surface area contributed by atoms with Crippen molar-refractivity contribution in [1.29, 1.82) is 0 Å². The third kappa shape index (κ3) is 4.36. The molecule has 1 fully saturated rings. The van der Waals surface area contributed by atoms with Gasteiger partial charge in [-0.1, -0.05) is 0 Å². The zero-order valence-corrected chi connectivity index (χ0v) is 14.6. The van der Waals surface area contributed by atoms with Gasteiger partial charge in [0.25, 0.3) is 5.91 Å². The molecule has 0 radical (unpaired) electrons. The Bertz CT molecular complexity index is 663. The van der Waals surface area contributed by atoms with Crippen LogP contribution in [-0.2, 0) is 6.54 Å². The molecule has 3 heterocycles. The van der Waals surface area contributed by atoms with Crippen LogP contribution >= 0.6 is 0 Å². The van der Waals surface area contributed by atoms with E-state index < -0.39 is 0 Å². The molecule has 0 aliphatic carbocycles. The van der Waals surface area contributed by atoms with Gasteiger partial charge in [-0.15, -0.1) is 0 Å². The van der Waals surface area contributed by atoms with Crippen molar-refractivity contribution >= 4 is 11.7 Å². The second kappa shape index (κ2) is 8.11. The molecule has 0 spiro atoms. The normalized spacial score (nSPS) is 15.4. The lowest BCUT2D eigenvalue weighted by atomic mass is 9.96. The van der Waals surface area contributed by atoms with E-state index in [4.69, 9.17) is 5.11 Å². The van der Waals surface area contributed by atoms with Crippen molar-refractivity contribution in [2.45, 2.75) is 19.4 Å². The smallest absolute Gasteiger partial charge is 0.255 e. The average Bonchev–Trinajstić information content (AvgIpc) is 3.15. The molecule has 1 saturated heterocycles. The highest BCUT2D eigenvalue weighted by atomic mass is 16.3. The fourth-order valence-corrected chi connectivity index (χ4v) is 3.18. The van der Waals surface area contributed by atoms with E-state index >= 15 is 0 Å². The standard InChI is InChI=1S/C18H25N5O2/c1-21(11-12-24)17-4-3-16(13-19-17)18(25)22-9-5-15(6-10-22)14-23-8-2-7-20-23/h2-4,7-8,13,15,24H,5-6,9-12,14H2,1H3. The van der Waals surface area contributed by atoms with Crippen LogP contribution in [0, 0.1) is 5.92 Å². The number of rotatable bonds is 6. The summed E-state index contributed by atoms with van der Waals surface area (Å²) in [6.07, 6.45) is 7.40. The second-order valence-corrected chi connectivity index (χ2v) is 6.51. The third-order valence-corrected chi connectivity index (χ3v) is 4.73. The Hall–Kier alpha value is -2.41. The van der Waals surface area contributed by atoms with E-state index in [1.54, 1.807) is 12.4 Å². The van der Waals surface area contributed by atoms with Crippen LogP contribution in [0.1, 0.15) is 23.2 Å². The van der Waals surface area contributed by atoms with Gasteiger partial charge in [-0.3, -0.25) is 9.48 Å². The summed E-state index contributed by atoms with van der Waals surface area (Å²) >= 11 is 0. The Labute approximate surface area is 147 Å². The maximum Gasteiger partial charge on any atom is 0.255 e. The molecule has 0 saturated carbocycles. The van der Waals surface area contributed by atoms with E-state index in [-0.39, 0.29) is 12.5 Å². The molecule has 1 amide bonds. The predicted octanol–water partition coefficient (Wildman–Crippen LogP) is 1.26. The molecule has 0 bridgehead atoms. The van der Waals surface area contributed by atoms with Gasteiger partial charge in [0.2, 0.25) is 0 Å². The Morgan fingerprint density at radius 2 is 2.16 bits per heavy atom. The Kier molecular flexibility index (Phi) is 5.65. The molecule has 1 N–H and O–H groups in total. The van der Waals surface area contributed by atoms with Gasteiger partial charge in [0.1, 0.15) is 5.82 Å². The van der Waals surface area contributed by atoms with Gasteiger partial charge in [-0.05, 0) is 37.0 Å². The molecule has 2 aromatic rings. The zero-order chi connectivity index (χ0) is 17.6. The summed E-state index contributed by atoms with van der Waals surface area (Å²) < 4.78 is 1.97. The Morgan fingerprint density at radius 3 is 2.76 bits per heavy atom. The van der Waals surface area contributed by atoms with Crippen LogP contribution in [0.2, 0.25) is 0 Å². The number of anilines is 1. The topological polar surface area (TPSA) is 74.5 Å². The first-order chi connectivity index (χ1) is 12.2. The maximum atomic E-state index is 12.6. The van der Waals surface area contributed by atoms with E-state index in [0.717, 1.165) is 38.3 Å². The molecule has 0 aromatic carbocycles. The molecule has 1 aliphatic heterocycles. The molecule has 7 heteroatoms. The number of hydrogen-bond acceptors (Lipinski definition) is 5. The van der Waals surface area contributed by atoms with Crippen molar-refractivity contribution < 1.29 is 9.90 Å². The van der Waals surface area contributed by atoms with Crippen molar-refractivity contribution in [3.8, 4) is 0 Å². The van der Waals surface area contributed by atoms with Gasteiger partial charge in [-0.2, -0.15) is 5.10 Å². The van der Waals surface area contributed by atoms with Gasteiger partial charge in [0.15, 0.2) is 0 Å². The fourth-order valence-electron chi connectivity index (χ4n) is 3.18. The molecule has 7 nitrogen and oxygen atoms in total. The first-order valence-electron chi connectivity index (χ1n) is 8.72. The largest absolute Gasteiger partial charge is 0.395 e. The van der Waals surface area contributed by atoms with Gasteiger partial charge < -0.3 is 14.9 Å². The molecule has 1 aliphatic rings. The number of aliphatic hydroxyl groups excluding tert-OH is 1. The number of hydrogen-bond donors (Lipinski definition) is 1. The number of carbonyl (C=O) groups is 1. The SMILES string of the molecule is CN(CCO)c1ccc(C(=O)N2CCC(Cn3cccn3)CC2)cn1. The number of piperidine rings is 1. The van der Waals surface area contributed by atoms with Gasteiger partial charge in [0, 0.05) is 51.8 Å². The minimum Gasteiger partial charge on any atom is -0.395 e. The first-order valence-corrected chi connectivity index (χ1v) is 8.72. The number of carbonyl (C=O) groups excluding carboxylic acids is 1. The number of aromatic nitrogens is 3. The lowest BCUT2D eigenvalue weighted by molar-refractivity contribution is 0.0681. The minimum absolute atomic E-state index is 0.0430. The molecule has 0 unspecified atom stereocenters. The Balaban J connectivity index is 1.53. The second-order valence-electron chi connectivity index (χ2n) is 6.51. The quantitative estimate of drug-likeness (QED) is 0.855. The molecule has 2 aromatic heterocycles. The highest BCUT2D eigenvalue weighted by Crippen LogP contribution is 2.21. The summed E-state index contributed by atoms with van der Waals surface area (Å²) in [5.41, 5.74) is 0.617. The zero-order valence-electron chi connectivity index (χ0n) is 14.6. The molecular formula is C18H25N5O2. The van der Waals surface area contributed by atoms with Crippen molar-refractivity contribution in [3.05, 3.63) is 42.4 Å². The first kappa shape index (κ1) is 17.4. The summed E-state index contributed by atoms with van der Waals surface area (Å²) in [5, 5.41) is 13.2. The maximum absolute atomic E-state index is 12.6. The molecule has 0 atom stereocenters. The number of pyridine rings is 1. The fraction of sp³-hybridized carbons (Fsp3) is 0.500. The highest BCUT2D eigenvalue weighted by molar-refractivity contribution is 5.94. The van der Waals surface area contributed by atoms with Crippen LogP contribution in [0.3, 0.4) is 0 Å². The monoisotopic (exact) mass is 343 g/mol. The summed E-state index contributed by atoms with van der Waals surface area (Å²) in [5.74, 6) is 1.36. The van der Waals surface area contributed by atoms with E-state index in [2.05, 4.69) is 10.1 Å². The number of likely N-dealkylation sites (N-methyl/N-ethyl adjacent to an activating group) is 1. The summed E-state index contributed by atoms with van der Waals surface area (Å²) in [6, 6.07) is 5.58. The molecular weight excluding hydrogens is 318 g/mol. The van der Waals surface area contributed by atoms with Crippen molar-refractivity contribution in [2.75, 3.05) is 38.2 Å². The lowest BCUT2D eigenvalue weighted by Gasteiger charge is -2.32. The van der Waals surface area contributed by atoms with E-state index in [0.29, 0.717) is 18.0 Å². The van der Waals surface area contributed by atoms with Crippen LogP contribution in [-0.4, -0.2) is 64.0 Å². The summed E-state index contributed by atoms with van der Waals surface area (Å²) in [6.45, 7) is 3.06. The van der Waals surface area contributed by atoms with Gasteiger partial charge in [0.05, 0.1) is 12.2 Å². The molecule has 3 rings (SSSR count). The van der Waals surface area contributed by atoms with Gasteiger partial charge >= 0.3 is 0 Å². The van der Waals surface area contributed by atoms with Crippen LogP contribution < -0.4 is 4.90 Å². The van der Waals surface area contributed by atoms with Crippen molar-refractivity contribution in [2.24, 2.45) is 5.92 Å². The Morgan fingerprint density at radius 1 is 1.36 bits per heavy atom. The highest BCUT2D eigenvalue weighted by Gasteiger charge is 2.24. The molecule has 134 valence electrons. The number of nitrogens with zero attached hydrogens (tertiary/aromatic N) is 5. The molecule has 25 heavy (non-hydrogen) atoms. The minimum atomic E-state index is 0.0430. The van der Waals surface area contributed by atoms with Crippen LogP contribution in [0.25, 0.3) is 0 Å². The number of aliphatic hydroxyl groups is 1. The lowest BCUT2D eigenvalue weighted by Crippen LogP contribution is -2.39. The number of amides is 1. The predicted molar refractivity (Wildman–Crippen MR) is 95.4 cm³/mol. The third-order valence-electron chi connectivity index (χ3n) is 4.73. The van der Waals surface area contributed by atoms with E-state index in [1.807, 2.05) is 45.9 Å². The van der Waals surface area contributed by atoms with E-state index in [1.165, 1.54) is 0 Å². The van der Waals surface area contributed by atoms with Crippen molar-refractivity contribution in [1.82, 2.24) is 19.7 Å². The average molecular weight is 343 g/mol. The van der Waals surface area contributed by atoms with E-state index in [9.17, 15) is 4.79 Å². The van der Waals surface area contributed by atoms with Crippen LogP contribution in [0.15, 0.2) is 36.8 Å². The van der Waals surface area contributed by atoms with Gasteiger partial charge in [-0.25, -0.2) is 4.98 Å². The summed E-state index contributed by atoms with van der Waals surface area (Å²) in [4.78, 5) is 20.7.